The Bertz CT molecular complexity index is 1430. The van der Waals surface area contributed by atoms with Crippen molar-refractivity contribution in [1.29, 1.82) is 0 Å². The van der Waals surface area contributed by atoms with Crippen LogP contribution in [0.15, 0.2) is 24.3 Å². The molecule has 0 unspecified atom stereocenters. The van der Waals surface area contributed by atoms with Gasteiger partial charge in [0.05, 0.1) is 19.8 Å². The van der Waals surface area contributed by atoms with Gasteiger partial charge in [0.15, 0.2) is 30.6 Å². The molecule has 0 N–H and O–H groups in total. The van der Waals surface area contributed by atoms with Gasteiger partial charge in [0.25, 0.3) is 0 Å². The molecular weight excluding hydrogens is 727 g/mol. The lowest BCUT2D eigenvalue weighted by molar-refractivity contribution is 0.0490. The van der Waals surface area contributed by atoms with Crippen molar-refractivity contribution in [2.75, 3.05) is 39.6 Å². The minimum absolute atomic E-state index is 0.197. The zero-order valence-corrected chi connectivity index (χ0v) is 40.2. The number of hydrogen-bond acceptors (Lipinski definition) is 8. The van der Waals surface area contributed by atoms with E-state index in [9.17, 15) is 4.79 Å². The van der Waals surface area contributed by atoms with Crippen molar-refractivity contribution in [3.63, 3.8) is 0 Å². The first-order chi connectivity index (χ1) is 24.9. The zero-order valence-electron chi connectivity index (χ0n) is 37.2. The number of para-hydroxylation sites is 1. The minimum atomic E-state index is -1.75. The van der Waals surface area contributed by atoms with Crippen LogP contribution in [0.2, 0.25) is 54.4 Å². The molecule has 0 saturated heterocycles. The summed E-state index contributed by atoms with van der Waals surface area (Å²) in [7, 11) is -5.23. The topological polar surface area (TPSA) is 85.3 Å². The van der Waals surface area contributed by atoms with Crippen LogP contribution in [0.4, 0.5) is 0 Å². The van der Waals surface area contributed by atoms with Crippen LogP contribution in [0.3, 0.4) is 0 Å². The van der Waals surface area contributed by atoms with Crippen molar-refractivity contribution in [1.82, 2.24) is 4.98 Å². The van der Waals surface area contributed by atoms with Crippen LogP contribution in [0.25, 0.3) is 10.9 Å². The molecule has 0 aliphatic carbocycles. The first-order valence-electron chi connectivity index (χ1n) is 20.7. The van der Waals surface area contributed by atoms with Crippen molar-refractivity contribution in [2.45, 2.75) is 174 Å². The van der Waals surface area contributed by atoms with E-state index in [1.807, 2.05) is 18.2 Å². The van der Waals surface area contributed by atoms with Crippen LogP contribution in [0.5, 0.6) is 11.5 Å². The van der Waals surface area contributed by atoms with Crippen LogP contribution < -0.4 is 9.47 Å². The van der Waals surface area contributed by atoms with Crippen LogP contribution >= 0.6 is 0 Å². The largest absolute Gasteiger partial charge is 0.493 e. The molecule has 2 rings (SSSR count). The Kier molecular flexibility index (Phi) is 18.9. The van der Waals surface area contributed by atoms with Gasteiger partial charge in [-0.05, 0) is 124 Å². The molecule has 0 radical (unpaired) electrons. The maximum absolute atomic E-state index is 13.4. The first kappa shape index (κ1) is 48.4. The fraction of sp³-hybridized carbons (Fsp3) is 0.767. The number of benzene rings is 1. The molecule has 0 amide bonds. The minimum Gasteiger partial charge on any atom is -0.493 e. The summed E-state index contributed by atoms with van der Waals surface area (Å²) in [5, 5.41) is 1.45. The summed E-state index contributed by atoms with van der Waals surface area (Å²) < 4.78 is 37.4. The predicted octanol–water partition coefficient (Wildman–Crippen LogP) is 12.7. The van der Waals surface area contributed by atoms with E-state index in [1.54, 1.807) is 6.07 Å². The lowest BCUT2D eigenvalue weighted by Gasteiger charge is -2.36. The summed E-state index contributed by atoms with van der Waals surface area (Å²) in [5.41, 5.74) is 0.856. The number of pyridine rings is 1. The van der Waals surface area contributed by atoms with Crippen LogP contribution in [-0.2, 0) is 18.0 Å². The van der Waals surface area contributed by atoms with E-state index in [1.165, 1.54) is 0 Å². The van der Waals surface area contributed by atoms with Gasteiger partial charge < -0.3 is 27.5 Å². The van der Waals surface area contributed by atoms with Crippen molar-refractivity contribution in [3.8, 4) is 11.5 Å². The van der Waals surface area contributed by atoms with Gasteiger partial charge in [-0.2, -0.15) is 0 Å². The molecule has 0 bridgehead atoms. The van der Waals surface area contributed by atoms with E-state index in [2.05, 4.69) is 102 Å². The van der Waals surface area contributed by atoms with E-state index < -0.39 is 30.9 Å². The summed E-state index contributed by atoms with van der Waals surface area (Å²) in [6, 6.07) is 7.59. The fourth-order valence-electron chi connectivity index (χ4n) is 4.91. The normalized spacial score (nSPS) is 13.4. The number of unbranched alkanes of at least 4 members (excludes halogenated alkanes) is 6. The highest BCUT2D eigenvalue weighted by Crippen LogP contribution is 2.38. The second kappa shape index (κ2) is 21.1. The lowest BCUT2D eigenvalue weighted by atomic mass is 10.1. The number of hydrogen-bond donors (Lipinski definition) is 0. The van der Waals surface area contributed by atoms with E-state index in [4.69, 9.17) is 32.5 Å². The summed E-state index contributed by atoms with van der Waals surface area (Å²) in [6.07, 6.45) is 8.47. The molecule has 2 aromatic rings. The highest BCUT2D eigenvalue weighted by molar-refractivity contribution is 6.74. The van der Waals surface area contributed by atoms with E-state index in [0.29, 0.717) is 36.8 Å². The van der Waals surface area contributed by atoms with Gasteiger partial charge in [-0.15, -0.1) is 0 Å². The van der Waals surface area contributed by atoms with E-state index in [0.717, 1.165) is 83.0 Å². The molecule has 1 aromatic heterocycles. The molecular formula is C43H79NO7Si3. The Hall–Kier alpha value is -1.77. The maximum atomic E-state index is 13.4. The predicted molar refractivity (Wildman–Crippen MR) is 234 cm³/mol. The highest BCUT2D eigenvalue weighted by Gasteiger charge is 2.38. The maximum Gasteiger partial charge on any atom is 0.357 e. The monoisotopic (exact) mass is 806 g/mol. The quantitative estimate of drug-likeness (QED) is 0.0589. The number of aromatic nitrogens is 1. The molecule has 1 heterocycles. The fourth-order valence-corrected chi connectivity index (χ4v) is 8.17. The summed E-state index contributed by atoms with van der Waals surface area (Å²) in [5.74, 6) is 0.827. The number of nitrogens with zero attached hydrogens (tertiary/aromatic N) is 1. The third kappa shape index (κ3) is 15.6. The highest BCUT2D eigenvalue weighted by atomic mass is 28.4. The second-order valence-corrected chi connectivity index (χ2v) is 33.9. The molecule has 0 saturated carbocycles. The second-order valence-electron chi connectivity index (χ2n) is 19.5. The molecule has 54 heavy (non-hydrogen) atoms. The Balaban J connectivity index is 2.04. The molecule has 1 aromatic carbocycles. The Labute approximate surface area is 333 Å². The number of carbonyl (C=O) groups excluding carboxylic acids is 1. The molecule has 0 atom stereocenters. The zero-order chi connectivity index (χ0) is 40.8. The molecule has 310 valence electrons. The molecule has 11 heteroatoms. The Morgan fingerprint density at radius 2 is 0.926 bits per heavy atom. The van der Waals surface area contributed by atoms with Gasteiger partial charge in [-0.3, -0.25) is 0 Å². The van der Waals surface area contributed by atoms with Gasteiger partial charge >= 0.3 is 5.97 Å². The molecule has 8 nitrogen and oxygen atoms in total. The molecule has 0 fully saturated rings. The van der Waals surface area contributed by atoms with Gasteiger partial charge in [-0.1, -0.05) is 68.4 Å². The van der Waals surface area contributed by atoms with E-state index >= 15 is 0 Å². The number of ether oxygens (including phenoxy) is 3. The van der Waals surface area contributed by atoms with Crippen LogP contribution in [0.1, 0.15) is 131 Å². The van der Waals surface area contributed by atoms with E-state index in [-0.39, 0.29) is 20.8 Å². The number of carbonyl (C=O) groups is 1. The van der Waals surface area contributed by atoms with Crippen molar-refractivity contribution < 1.29 is 32.3 Å². The smallest absolute Gasteiger partial charge is 0.357 e. The summed E-state index contributed by atoms with van der Waals surface area (Å²) in [6.45, 7) is 37.9. The number of fused-ring (bicyclic) bond motifs is 1. The van der Waals surface area contributed by atoms with Gasteiger partial charge in [0, 0.05) is 31.3 Å². The average Bonchev–Trinajstić information content (AvgIpc) is 3.05. The Morgan fingerprint density at radius 3 is 1.35 bits per heavy atom. The van der Waals surface area contributed by atoms with Crippen molar-refractivity contribution >= 4 is 41.8 Å². The third-order valence-corrected chi connectivity index (χ3v) is 25.5. The standard InChI is InChI=1S/C43H79NO7Si3/c1-41(2,3)52(10,11)49-31-22-16-19-28-46-37-27-25-26-35-38(47-29-20-17-23-32-50-53(12,13)42(4,5)6)34-36(44-39(35)37)40(45)48-30-21-18-24-33-51-54(14,15)43(7,8)9/h25-27,34H,16-24,28-33H2,1-15H3. The SMILES string of the molecule is CC(C)(C)[Si](C)(C)OCCCCCOC(=O)c1cc(OCCCCCO[Si](C)(C)C(C)(C)C)c2cccc(OCCCCCO[Si](C)(C)C(C)(C)C)c2n1. The van der Waals surface area contributed by atoms with Crippen LogP contribution in [0, 0.1) is 0 Å². The molecule has 0 aliphatic heterocycles. The summed E-state index contributed by atoms with van der Waals surface area (Å²) >= 11 is 0. The number of rotatable bonds is 24. The Morgan fingerprint density at radius 1 is 0.537 bits per heavy atom. The summed E-state index contributed by atoms with van der Waals surface area (Å²) in [4.78, 5) is 18.1. The van der Waals surface area contributed by atoms with Gasteiger partial charge in [-0.25, -0.2) is 9.78 Å². The van der Waals surface area contributed by atoms with Crippen LogP contribution in [-0.4, -0.2) is 75.5 Å². The average molecular weight is 806 g/mol. The van der Waals surface area contributed by atoms with Crippen molar-refractivity contribution in [3.05, 3.63) is 30.0 Å². The van der Waals surface area contributed by atoms with Crippen molar-refractivity contribution in [2.24, 2.45) is 0 Å². The molecule has 0 aliphatic rings. The van der Waals surface area contributed by atoms with Gasteiger partial charge in [0.2, 0.25) is 0 Å². The number of esters is 1. The lowest BCUT2D eigenvalue weighted by Crippen LogP contribution is -2.40. The third-order valence-electron chi connectivity index (χ3n) is 11.9. The molecule has 0 spiro atoms. The first-order valence-corrected chi connectivity index (χ1v) is 29.4. The van der Waals surface area contributed by atoms with Gasteiger partial charge in [0.1, 0.15) is 17.0 Å².